The molecule has 0 spiro atoms. The molecular formula is C14H22O2. The number of ether oxygens (including phenoxy) is 1. The highest BCUT2D eigenvalue weighted by Crippen LogP contribution is 2.29. The van der Waals surface area contributed by atoms with Gasteiger partial charge in [0.15, 0.2) is 0 Å². The maximum atomic E-state index is 10.4. The Morgan fingerprint density at radius 3 is 2.69 bits per heavy atom. The van der Waals surface area contributed by atoms with Gasteiger partial charge in [0.2, 0.25) is 0 Å². The molecule has 1 aromatic carbocycles. The van der Waals surface area contributed by atoms with Gasteiger partial charge in [0, 0.05) is 0 Å². The molecule has 1 unspecified atom stereocenters. The van der Waals surface area contributed by atoms with Crippen molar-refractivity contribution in [3.63, 3.8) is 0 Å². The van der Waals surface area contributed by atoms with Crippen LogP contribution >= 0.6 is 0 Å². The molecular weight excluding hydrogens is 200 g/mol. The van der Waals surface area contributed by atoms with Gasteiger partial charge in [-0.05, 0) is 31.0 Å². The molecule has 0 saturated heterocycles. The summed E-state index contributed by atoms with van der Waals surface area (Å²) >= 11 is 0. The van der Waals surface area contributed by atoms with Crippen LogP contribution in [0, 0.1) is 0 Å². The van der Waals surface area contributed by atoms with Gasteiger partial charge in [-0.2, -0.15) is 0 Å². The fraction of sp³-hybridized carbons (Fsp3) is 0.571. The molecule has 0 radical (unpaired) electrons. The molecule has 2 nitrogen and oxygen atoms in total. The molecule has 1 aromatic rings. The minimum atomic E-state index is -0.746. The van der Waals surface area contributed by atoms with Crippen LogP contribution in [-0.2, 0) is 5.60 Å². The summed E-state index contributed by atoms with van der Waals surface area (Å²) < 4.78 is 5.16. The average Bonchev–Trinajstić information content (AvgIpc) is 2.29. The van der Waals surface area contributed by atoms with Crippen LogP contribution in [0.4, 0.5) is 0 Å². The first-order valence-corrected chi connectivity index (χ1v) is 5.97. The second-order valence-corrected chi connectivity index (χ2v) is 4.46. The third kappa shape index (κ3) is 3.53. The van der Waals surface area contributed by atoms with Crippen molar-refractivity contribution in [2.45, 2.75) is 45.1 Å². The fourth-order valence-electron chi connectivity index (χ4n) is 1.82. The molecule has 0 fully saturated rings. The zero-order valence-electron chi connectivity index (χ0n) is 10.5. The number of aliphatic hydroxyl groups is 1. The summed E-state index contributed by atoms with van der Waals surface area (Å²) in [5.41, 5.74) is 0.187. The summed E-state index contributed by atoms with van der Waals surface area (Å²) in [6.07, 6.45) is 4.20. The Hall–Kier alpha value is -1.02. The molecule has 0 aliphatic carbocycles. The molecule has 0 aliphatic rings. The summed E-state index contributed by atoms with van der Waals surface area (Å²) in [7, 11) is 1.64. The van der Waals surface area contributed by atoms with Gasteiger partial charge in [0.1, 0.15) is 5.75 Å². The summed E-state index contributed by atoms with van der Waals surface area (Å²) in [4.78, 5) is 0. The maximum absolute atomic E-state index is 10.4. The van der Waals surface area contributed by atoms with E-state index in [0.29, 0.717) is 0 Å². The van der Waals surface area contributed by atoms with Crippen LogP contribution in [-0.4, -0.2) is 12.2 Å². The van der Waals surface area contributed by atoms with E-state index in [9.17, 15) is 5.11 Å². The average molecular weight is 222 g/mol. The third-order valence-electron chi connectivity index (χ3n) is 2.96. The van der Waals surface area contributed by atoms with Gasteiger partial charge in [-0.3, -0.25) is 0 Å². The predicted octanol–water partition coefficient (Wildman–Crippen LogP) is 3.48. The molecule has 0 aromatic heterocycles. The molecule has 1 atom stereocenters. The summed E-state index contributed by atoms with van der Waals surface area (Å²) in [5, 5.41) is 10.4. The lowest BCUT2D eigenvalue weighted by atomic mass is 9.90. The number of benzene rings is 1. The number of hydrogen-bond donors (Lipinski definition) is 1. The zero-order chi connectivity index (χ0) is 12.0. The van der Waals surface area contributed by atoms with Crippen molar-refractivity contribution >= 4 is 0 Å². The smallest absolute Gasteiger partial charge is 0.119 e. The Labute approximate surface area is 98.3 Å². The van der Waals surface area contributed by atoms with E-state index in [1.807, 2.05) is 31.2 Å². The molecule has 0 saturated carbocycles. The fourth-order valence-corrected chi connectivity index (χ4v) is 1.82. The summed E-state index contributed by atoms with van der Waals surface area (Å²) in [5.74, 6) is 0.799. The minimum Gasteiger partial charge on any atom is -0.497 e. The molecule has 16 heavy (non-hydrogen) atoms. The van der Waals surface area contributed by atoms with E-state index in [1.54, 1.807) is 7.11 Å². The van der Waals surface area contributed by atoms with Crippen molar-refractivity contribution in [2.75, 3.05) is 7.11 Å². The highest BCUT2D eigenvalue weighted by atomic mass is 16.5. The van der Waals surface area contributed by atoms with Crippen molar-refractivity contribution in [3.05, 3.63) is 29.8 Å². The first-order valence-electron chi connectivity index (χ1n) is 5.97. The molecule has 1 rings (SSSR count). The Morgan fingerprint density at radius 2 is 2.06 bits per heavy atom. The molecule has 90 valence electrons. The van der Waals surface area contributed by atoms with E-state index < -0.39 is 5.60 Å². The Bertz CT molecular complexity index is 318. The highest BCUT2D eigenvalue weighted by molar-refractivity contribution is 5.31. The normalized spacial score (nSPS) is 14.5. The van der Waals surface area contributed by atoms with E-state index in [0.717, 1.165) is 24.2 Å². The second-order valence-electron chi connectivity index (χ2n) is 4.46. The Morgan fingerprint density at radius 1 is 1.31 bits per heavy atom. The van der Waals surface area contributed by atoms with Gasteiger partial charge in [0.05, 0.1) is 12.7 Å². The molecule has 0 amide bonds. The van der Waals surface area contributed by atoms with Crippen LogP contribution in [0.3, 0.4) is 0 Å². The summed E-state index contributed by atoms with van der Waals surface area (Å²) in [6.45, 7) is 4.04. The van der Waals surface area contributed by atoms with Crippen LogP contribution < -0.4 is 4.74 Å². The minimum absolute atomic E-state index is 0.746. The Balaban J connectivity index is 2.72. The number of hydrogen-bond acceptors (Lipinski definition) is 2. The lowest BCUT2D eigenvalue weighted by molar-refractivity contribution is 0.0447. The zero-order valence-corrected chi connectivity index (χ0v) is 10.5. The first kappa shape index (κ1) is 13.0. The topological polar surface area (TPSA) is 29.5 Å². The van der Waals surface area contributed by atoms with E-state index in [1.165, 1.54) is 12.8 Å². The molecule has 0 bridgehead atoms. The van der Waals surface area contributed by atoms with Crippen molar-refractivity contribution in [3.8, 4) is 5.75 Å². The van der Waals surface area contributed by atoms with Crippen LogP contribution in [0.15, 0.2) is 24.3 Å². The van der Waals surface area contributed by atoms with Gasteiger partial charge in [0.25, 0.3) is 0 Å². The number of methoxy groups -OCH3 is 1. The monoisotopic (exact) mass is 222 g/mol. The summed E-state index contributed by atoms with van der Waals surface area (Å²) in [6, 6.07) is 7.68. The van der Waals surface area contributed by atoms with Gasteiger partial charge in [-0.15, -0.1) is 0 Å². The Kier molecular flexibility index (Phi) is 4.81. The van der Waals surface area contributed by atoms with Gasteiger partial charge in [-0.1, -0.05) is 38.3 Å². The highest BCUT2D eigenvalue weighted by Gasteiger charge is 2.22. The first-order chi connectivity index (χ1) is 7.60. The van der Waals surface area contributed by atoms with Crippen LogP contribution in [0.1, 0.15) is 45.1 Å². The van der Waals surface area contributed by atoms with Crippen molar-refractivity contribution in [2.24, 2.45) is 0 Å². The van der Waals surface area contributed by atoms with Crippen LogP contribution in [0.25, 0.3) is 0 Å². The van der Waals surface area contributed by atoms with Crippen molar-refractivity contribution in [1.29, 1.82) is 0 Å². The van der Waals surface area contributed by atoms with Gasteiger partial charge < -0.3 is 9.84 Å². The molecule has 0 heterocycles. The maximum Gasteiger partial charge on any atom is 0.119 e. The quantitative estimate of drug-likeness (QED) is 0.747. The van der Waals surface area contributed by atoms with E-state index >= 15 is 0 Å². The molecule has 0 aliphatic heterocycles. The van der Waals surface area contributed by atoms with Crippen molar-refractivity contribution < 1.29 is 9.84 Å². The van der Waals surface area contributed by atoms with E-state index in [2.05, 4.69) is 6.92 Å². The second kappa shape index (κ2) is 5.90. The SMILES string of the molecule is CCCCCC(C)(O)c1cccc(OC)c1. The molecule has 1 N–H and O–H groups in total. The van der Waals surface area contributed by atoms with Crippen LogP contribution in [0.2, 0.25) is 0 Å². The lowest BCUT2D eigenvalue weighted by Crippen LogP contribution is -2.20. The van der Waals surface area contributed by atoms with Crippen molar-refractivity contribution in [1.82, 2.24) is 0 Å². The van der Waals surface area contributed by atoms with Gasteiger partial charge >= 0.3 is 0 Å². The van der Waals surface area contributed by atoms with E-state index in [4.69, 9.17) is 4.74 Å². The number of unbranched alkanes of at least 4 members (excludes halogenated alkanes) is 2. The van der Waals surface area contributed by atoms with Gasteiger partial charge in [-0.25, -0.2) is 0 Å². The van der Waals surface area contributed by atoms with Crippen LogP contribution in [0.5, 0.6) is 5.75 Å². The van der Waals surface area contributed by atoms with E-state index in [-0.39, 0.29) is 0 Å². The largest absolute Gasteiger partial charge is 0.497 e. The predicted molar refractivity (Wildman–Crippen MR) is 66.7 cm³/mol. The third-order valence-corrected chi connectivity index (χ3v) is 2.96. The molecule has 2 heteroatoms. The lowest BCUT2D eigenvalue weighted by Gasteiger charge is -2.24. The number of rotatable bonds is 6. The standard InChI is InChI=1S/C14H22O2/c1-4-5-6-10-14(2,15)12-8-7-9-13(11-12)16-3/h7-9,11,15H,4-6,10H2,1-3H3.